The zero-order valence-electron chi connectivity index (χ0n) is 13.4. The van der Waals surface area contributed by atoms with Crippen molar-refractivity contribution in [1.29, 1.82) is 0 Å². The zero-order chi connectivity index (χ0) is 17.1. The molecule has 7 heteroatoms. The second kappa shape index (κ2) is 6.84. The number of hydrogen-bond donors (Lipinski definition) is 3. The Morgan fingerprint density at radius 1 is 1.33 bits per heavy atom. The van der Waals surface area contributed by atoms with Gasteiger partial charge >= 0.3 is 6.03 Å². The summed E-state index contributed by atoms with van der Waals surface area (Å²) in [5, 5.41) is 11.0. The normalized spacial score (nSPS) is 17.2. The Labute approximate surface area is 144 Å². The summed E-state index contributed by atoms with van der Waals surface area (Å²) in [6, 6.07) is 9.30. The van der Waals surface area contributed by atoms with Crippen LogP contribution in [0, 0.1) is 0 Å². The van der Waals surface area contributed by atoms with Gasteiger partial charge in [0, 0.05) is 16.6 Å². The van der Waals surface area contributed by atoms with E-state index in [9.17, 15) is 9.59 Å². The first-order valence-electron chi connectivity index (χ1n) is 7.61. The van der Waals surface area contributed by atoms with E-state index in [0.717, 1.165) is 16.3 Å². The van der Waals surface area contributed by atoms with E-state index in [-0.39, 0.29) is 18.0 Å². The molecule has 1 aliphatic rings. The van der Waals surface area contributed by atoms with Crippen molar-refractivity contribution in [3.63, 3.8) is 0 Å². The number of carbonyl (C=O) groups excluding carboxylic acids is 2. The van der Waals surface area contributed by atoms with Crippen molar-refractivity contribution >= 4 is 23.3 Å². The van der Waals surface area contributed by atoms with E-state index >= 15 is 0 Å². The predicted octanol–water partition coefficient (Wildman–Crippen LogP) is 2.40. The number of carbonyl (C=O) groups is 2. The monoisotopic (exact) mass is 342 g/mol. The van der Waals surface area contributed by atoms with Gasteiger partial charge < -0.3 is 16.0 Å². The minimum Gasteiger partial charge on any atom is -0.346 e. The van der Waals surface area contributed by atoms with Crippen molar-refractivity contribution in [1.82, 2.24) is 20.9 Å². The molecule has 1 aromatic carbocycles. The summed E-state index contributed by atoms with van der Waals surface area (Å²) in [5.41, 5.74) is 3.07. The molecule has 0 fully saturated rings. The van der Waals surface area contributed by atoms with E-state index in [4.69, 9.17) is 0 Å². The Morgan fingerprint density at radius 2 is 2.08 bits per heavy atom. The number of allylic oxidation sites excluding steroid dienone is 1. The minimum atomic E-state index is -0.324. The van der Waals surface area contributed by atoms with Crippen LogP contribution in [-0.4, -0.2) is 23.0 Å². The van der Waals surface area contributed by atoms with Crippen LogP contribution in [0.2, 0.25) is 0 Å². The average Bonchev–Trinajstić information content (AvgIpc) is 3.02. The van der Waals surface area contributed by atoms with Crippen LogP contribution in [-0.2, 0) is 11.3 Å². The molecular weight excluding hydrogens is 324 g/mol. The van der Waals surface area contributed by atoms with E-state index in [1.807, 2.05) is 35.7 Å². The molecule has 2 heterocycles. The number of rotatable bonds is 4. The average molecular weight is 342 g/mol. The van der Waals surface area contributed by atoms with Gasteiger partial charge in [-0.25, -0.2) is 9.78 Å². The Kier molecular flexibility index (Phi) is 4.61. The maximum absolute atomic E-state index is 12.4. The molecule has 24 heavy (non-hydrogen) atoms. The Hall–Kier alpha value is -2.67. The third kappa shape index (κ3) is 3.46. The van der Waals surface area contributed by atoms with Crippen LogP contribution in [0.3, 0.4) is 0 Å². The Balaban J connectivity index is 1.66. The lowest BCUT2D eigenvalue weighted by Gasteiger charge is -2.25. The summed E-state index contributed by atoms with van der Waals surface area (Å²) >= 11 is 1.51. The predicted molar refractivity (Wildman–Crippen MR) is 93.2 cm³/mol. The maximum atomic E-state index is 12.4. The maximum Gasteiger partial charge on any atom is 0.319 e. The van der Waals surface area contributed by atoms with Crippen molar-refractivity contribution in [2.24, 2.45) is 0 Å². The molecule has 1 unspecified atom stereocenters. The van der Waals surface area contributed by atoms with Crippen molar-refractivity contribution in [3.05, 3.63) is 52.0 Å². The minimum absolute atomic E-state index is 0.205. The second-order valence-corrected chi connectivity index (χ2v) is 6.48. The van der Waals surface area contributed by atoms with E-state index in [0.29, 0.717) is 17.8 Å². The molecule has 0 spiro atoms. The Morgan fingerprint density at radius 3 is 2.79 bits per heavy atom. The van der Waals surface area contributed by atoms with Crippen molar-refractivity contribution in [3.8, 4) is 11.3 Å². The molecule has 1 aromatic heterocycles. The molecule has 6 nitrogen and oxygen atoms in total. The fourth-order valence-electron chi connectivity index (χ4n) is 2.62. The lowest BCUT2D eigenvalue weighted by Crippen LogP contribution is -2.50. The molecule has 0 saturated heterocycles. The van der Waals surface area contributed by atoms with Crippen molar-refractivity contribution in [2.45, 2.75) is 26.4 Å². The lowest BCUT2D eigenvalue weighted by molar-refractivity contribution is -0.118. The summed E-state index contributed by atoms with van der Waals surface area (Å²) < 4.78 is 0. The first-order valence-corrected chi connectivity index (χ1v) is 8.49. The van der Waals surface area contributed by atoms with Gasteiger partial charge in [0.1, 0.15) is 5.01 Å². The van der Waals surface area contributed by atoms with Crippen molar-refractivity contribution in [2.75, 3.05) is 0 Å². The van der Waals surface area contributed by atoms with Gasteiger partial charge in [-0.1, -0.05) is 30.3 Å². The van der Waals surface area contributed by atoms with Crippen LogP contribution < -0.4 is 16.0 Å². The summed E-state index contributed by atoms with van der Waals surface area (Å²) in [6.07, 6.45) is 0. The second-order valence-electron chi connectivity index (χ2n) is 5.53. The highest BCUT2D eigenvalue weighted by molar-refractivity contribution is 7.09. The van der Waals surface area contributed by atoms with Crippen LogP contribution in [0.1, 0.15) is 18.9 Å². The zero-order valence-corrected chi connectivity index (χ0v) is 14.2. The number of urea groups is 1. The molecule has 124 valence electrons. The quantitative estimate of drug-likeness (QED) is 0.798. The van der Waals surface area contributed by atoms with Crippen LogP contribution in [0.15, 0.2) is 47.0 Å². The van der Waals surface area contributed by atoms with Gasteiger partial charge in [0.05, 0.1) is 23.9 Å². The molecule has 3 N–H and O–H groups in total. The molecule has 3 amide bonds. The first-order chi connectivity index (χ1) is 11.5. The molecule has 0 saturated carbocycles. The summed E-state index contributed by atoms with van der Waals surface area (Å²) in [7, 11) is 0. The van der Waals surface area contributed by atoms with Gasteiger partial charge in [-0.3, -0.25) is 4.79 Å². The standard InChI is InChI=1S/C17H18N4O2S/c1-10-15(11(2)20-17(23)19-10)16(22)18-8-14-21-13(9-24-14)12-6-4-3-5-7-12/h3-7,9-10H,8H2,1-2H3,(H,18,22)(H2,19,20,23). The first kappa shape index (κ1) is 16.2. The van der Waals surface area contributed by atoms with E-state index in [1.165, 1.54) is 11.3 Å². The van der Waals surface area contributed by atoms with Crippen LogP contribution in [0.5, 0.6) is 0 Å². The molecule has 2 aromatic rings. The molecule has 0 bridgehead atoms. The number of nitrogens with zero attached hydrogens (tertiary/aromatic N) is 1. The molecular formula is C17H18N4O2S. The van der Waals surface area contributed by atoms with Crippen LogP contribution in [0.25, 0.3) is 11.3 Å². The smallest absolute Gasteiger partial charge is 0.319 e. The molecule has 0 aliphatic carbocycles. The van der Waals surface area contributed by atoms with E-state index < -0.39 is 0 Å². The summed E-state index contributed by atoms with van der Waals surface area (Å²) in [4.78, 5) is 28.3. The summed E-state index contributed by atoms with van der Waals surface area (Å²) in [5.74, 6) is -0.205. The van der Waals surface area contributed by atoms with Crippen molar-refractivity contribution < 1.29 is 9.59 Å². The number of nitrogens with one attached hydrogen (secondary N) is 3. The number of hydrogen-bond acceptors (Lipinski definition) is 4. The third-order valence-electron chi connectivity index (χ3n) is 3.75. The number of benzene rings is 1. The highest BCUT2D eigenvalue weighted by Gasteiger charge is 2.26. The van der Waals surface area contributed by atoms with Gasteiger partial charge in [0.2, 0.25) is 0 Å². The molecule has 3 rings (SSSR count). The Bertz CT molecular complexity index is 798. The fraction of sp³-hybridized carbons (Fsp3) is 0.235. The van der Waals surface area contributed by atoms with E-state index in [2.05, 4.69) is 20.9 Å². The van der Waals surface area contributed by atoms with Gasteiger partial charge in [-0.2, -0.15) is 0 Å². The lowest BCUT2D eigenvalue weighted by atomic mass is 10.0. The number of amides is 3. The highest BCUT2D eigenvalue weighted by Crippen LogP contribution is 2.21. The van der Waals surface area contributed by atoms with Crippen LogP contribution >= 0.6 is 11.3 Å². The largest absolute Gasteiger partial charge is 0.346 e. The van der Waals surface area contributed by atoms with Crippen LogP contribution in [0.4, 0.5) is 4.79 Å². The molecule has 0 radical (unpaired) electrons. The third-order valence-corrected chi connectivity index (χ3v) is 4.60. The van der Waals surface area contributed by atoms with Gasteiger partial charge in [-0.15, -0.1) is 11.3 Å². The van der Waals surface area contributed by atoms with Gasteiger partial charge in [0.25, 0.3) is 5.91 Å². The molecule has 1 atom stereocenters. The van der Waals surface area contributed by atoms with Gasteiger partial charge in [-0.05, 0) is 13.8 Å². The number of thiazole rings is 1. The van der Waals surface area contributed by atoms with Gasteiger partial charge in [0.15, 0.2) is 0 Å². The molecule has 1 aliphatic heterocycles. The fourth-order valence-corrected chi connectivity index (χ4v) is 3.36. The SMILES string of the molecule is CC1=C(C(=O)NCc2nc(-c3ccccc3)cs2)C(C)NC(=O)N1. The topological polar surface area (TPSA) is 83.1 Å². The highest BCUT2D eigenvalue weighted by atomic mass is 32.1. The van der Waals surface area contributed by atoms with E-state index in [1.54, 1.807) is 13.8 Å². The summed E-state index contributed by atoms with van der Waals surface area (Å²) in [6.45, 7) is 3.86. The number of aromatic nitrogens is 1.